The minimum absolute atomic E-state index is 0.0170. The molecule has 0 aromatic rings. The zero-order valence-corrected chi connectivity index (χ0v) is 6.91. The van der Waals surface area contributed by atoms with E-state index in [0.29, 0.717) is 0 Å². The molecule has 0 aliphatic heterocycles. The van der Waals surface area contributed by atoms with E-state index in [-0.39, 0.29) is 20.0 Å². The fourth-order valence-electron chi connectivity index (χ4n) is 0.390. The molecule has 0 spiro atoms. The van der Waals surface area contributed by atoms with Gasteiger partial charge in [0.25, 0.3) is 0 Å². The van der Waals surface area contributed by atoms with Crippen LogP contribution in [0.15, 0.2) is 0 Å². The van der Waals surface area contributed by atoms with Gasteiger partial charge in [-0.05, 0) is 0 Å². The maximum absolute atomic E-state index is 11.3. The maximum Gasteiger partial charge on any atom is 0.415 e. The van der Waals surface area contributed by atoms with E-state index in [0.717, 1.165) is 0 Å². The molecule has 10 heavy (non-hydrogen) atoms. The van der Waals surface area contributed by atoms with Gasteiger partial charge in [0.1, 0.15) is 7.74 Å². The van der Waals surface area contributed by atoms with Gasteiger partial charge < -0.3 is 9.18 Å². The van der Waals surface area contributed by atoms with Crippen molar-refractivity contribution >= 4 is 23.3 Å². The quantitative estimate of drug-likeness (QED) is 0.345. The van der Waals surface area contributed by atoms with E-state index in [9.17, 15) is 8.39 Å². The normalized spacial score (nSPS) is 10.4. The Bertz CT molecular complexity index is 74.9. The second kappa shape index (κ2) is 6.08. The Morgan fingerprint density at radius 3 is 2.50 bits per heavy atom. The van der Waals surface area contributed by atoms with Crippen molar-refractivity contribution in [2.45, 2.75) is 6.82 Å². The molecule has 0 radical (unpaired) electrons. The lowest BCUT2D eigenvalue weighted by molar-refractivity contribution is 0.220. The summed E-state index contributed by atoms with van der Waals surface area (Å²) < 4.78 is 31.6. The van der Waals surface area contributed by atoms with Crippen molar-refractivity contribution in [1.29, 1.82) is 0 Å². The van der Waals surface area contributed by atoms with Crippen LogP contribution in [0.3, 0.4) is 0 Å². The minimum Gasteiger partial charge on any atom is -0.443 e. The first kappa shape index (κ1) is 10.3. The summed E-state index contributed by atoms with van der Waals surface area (Å²) in [4.78, 5) is 0. The Morgan fingerprint density at radius 2 is 2.10 bits per heavy atom. The fourth-order valence-corrected chi connectivity index (χ4v) is 0.603. The van der Waals surface area contributed by atoms with Crippen LogP contribution in [-0.4, -0.2) is 27.8 Å². The molecule has 0 aromatic carbocycles. The number of hydrogen-bond acceptors (Lipinski definition) is 2. The number of hydrogen-bond donors (Lipinski definition) is 0. The summed E-state index contributed by atoms with van der Waals surface area (Å²) in [6, 6.07) is 0. The number of rotatable bonds is 5. The summed E-state index contributed by atoms with van der Waals surface area (Å²) in [6.45, 7) is 2.14. The monoisotopic (exact) mass is 168 g/mol. The Labute approximate surface area is 61.9 Å². The van der Waals surface area contributed by atoms with Crippen molar-refractivity contribution in [3.63, 3.8) is 0 Å². The van der Waals surface area contributed by atoms with E-state index in [4.69, 9.17) is 4.65 Å². The Hall–Kier alpha value is 0.340. The van der Waals surface area contributed by atoms with Gasteiger partial charge in [0, 0.05) is 0 Å². The van der Waals surface area contributed by atoms with Crippen LogP contribution >= 0.6 is 8.77 Å². The van der Waals surface area contributed by atoms with E-state index in [2.05, 4.69) is 4.52 Å². The first-order chi connectivity index (χ1) is 4.63. The third-order valence-electron chi connectivity index (χ3n) is 0.723. The van der Waals surface area contributed by atoms with Crippen molar-refractivity contribution in [2.24, 2.45) is 0 Å². The van der Waals surface area contributed by atoms with Crippen molar-refractivity contribution < 1.29 is 17.6 Å². The predicted octanol–water partition coefficient (Wildman–Crippen LogP) is 0.937. The Morgan fingerprint density at radius 1 is 1.50 bits per heavy atom. The molecule has 0 aromatic heterocycles. The molecule has 0 bridgehead atoms. The summed E-state index contributed by atoms with van der Waals surface area (Å²) in [7, 11) is -1.37. The highest BCUT2D eigenvalue weighted by molar-refractivity contribution is 7.40. The van der Waals surface area contributed by atoms with Gasteiger partial charge in [-0.25, -0.2) is 0 Å². The third-order valence-corrected chi connectivity index (χ3v) is 1.10. The first-order valence-corrected chi connectivity index (χ1v) is 4.03. The molecule has 0 unspecified atom stereocenters. The van der Waals surface area contributed by atoms with E-state index >= 15 is 0 Å². The summed E-state index contributed by atoms with van der Waals surface area (Å²) in [5, 5.41) is 0. The maximum atomic E-state index is 11.3. The van der Waals surface area contributed by atoms with Crippen LogP contribution in [0.25, 0.3) is 0 Å². The van der Waals surface area contributed by atoms with Crippen molar-refractivity contribution in [3.05, 3.63) is 0 Å². The molecule has 0 amide bonds. The average molecular weight is 168 g/mol. The molecule has 7 heteroatoms. The van der Waals surface area contributed by atoms with Crippen LogP contribution in [0.2, 0.25) is 6.82 Å². The SMILES string of the molecule is BB(C)OCCOP(F)F. The van der Waals surface area contributed by atoms with E-state index in [1.54, 1.807) is 0 Å². The van der Waals surface area contributed by atoms with Gasteiger partial charge in [-0.1, -0.05) is 6.82 Å². The fraction of sp³-hybridized carbons (Fsp3) is 1.00. The smallest absolute Gasteiger partial charge is 0.415 e. The molecule has 58 valence electrons. The lowest BCUT2D eigenvalue weighted by atomic mass is 9.49. The molecule has 0 saturated heterocycles. The Balaban J connectivity index is 2.91. The van der Waals surface area contributed by atoms with E-state index in [1.165, 1.54) is 0 Å². The molecule has 0 atom stereocenters. The van der Waals surface area contributed by atoms with Gasteiger partial charge in [-0.15, -0.1) is 0 Å². The molecule has 0 aliphatic rings. The molecule has 0 aliphatic carbocycles. The molecule has 2 nitrogen and oxygen atoms in total. The molecular formula is C3H9B2F2O2P. The van der Waals surface area contributed by atoms with Crippen LogP contribution in [0, 0.1) is 0 Å². The van der Waals surface area contributed by atoms with Gasteiger partial charge in [0.15, 0.2) is 0 Å². The van der Waals surface area contributed by atoms with Crippen molar-refractivity contribution in [2.75, 3.05) is 13.2 Å². The highest BCUT2D eigenvalue weighted by Crippen LogP contribution is 2.39. The van der Waals surface area contributed by atoms with Crippen LogP contribution < -0.4 is 0 Å². The summed E-state index contributed by atoms with van der Waals surface area (Å²) in [5.74, 6) is 0. The van der Waals surface area contributed by atoms with Crippen LogP contribution in [0.1, 0.15) is 0 Å². The van der Waals surface area contributed by atoms with Gasteiger partial charge in [-0.2, -0.15) is 8.39 Å². The number of halogens is 2. The van der Waals surface area contributed by atoms with E-state index in [1.807, 2.05) is 14.6 Å². The standard InChI is InChI=1S/C3H9B2F2O2P/c1-5(4)8-2-3-9-10(6)7/h2-4H2,1H3. The molecule has 0 rings (SSSR count). The zero-order chi connectivity index (χ0) is 7.98. The molecular weight excluding hydrogens is 159 g/mol. The highest BCUT2D eigenvalue weighted by atomic mass is 31.2. The Kier molecular flexibility index (Phi) is 6.28. The van der Waals surface area contributed by atoms with Crippen LogP contribution in [-0.2, 0) is 9.18 Å². The largest absolute Gasteiger partial charge is 0.443 e. The molecule has 0 heterocycles. The molecule has 0 fully saturated rings. The predicted molar refractivity (Wildman–Crippen MR) is 41.2 cm³/mol. The highest BCUT2D eigenvalue weighted by Gasteiger charge is 2.04. The average Bonchev–Trinajstić information content (AvgIpc) is 1.79. The minimum atomic E-state index is -3.21. The summed E-state index contributed by atoms with van der Waals surface area (Å²) in [5.41, 5.74) is 0. The lowest BCUT2D eigenvalue weighted by Crippen LogP contribution is -2.16. The van der Waals surface area contributed by atoms with Gasteiger partial charge in [0.05, 0.1) is 13.2 Å². The molecule has 0 N–H and O–H groups in total. The van der Waals surface area contributed by atoms with Gasteiger partial charge >= 0.3 is 8.77 Å². The third kappa shape index (κ3) is 8.34. The summed E-state index contributed by atoms with van der Waals surface area (Å²) in [6.07, 6.45) is 0. The molecule has 0 saturated carbocycles. The zero-order valence-electron chi connectivity index (χ0n) is 6.01. The van der Waals surface area contributed by atoms with Gasteiger partial charge in [0.2, 0.25) is 6.81 Å². The second-order valence-electron chi connectivity index (χ2n) is 1.95. The van der Waals surface area contributed by atoms with E-state index < -0.39 is 8.77 Å². The van der Waals surface area contributed by atoms with Crippen molar-refractivity contribution in [3.8, 4) is 0 Å². The van der Waals surface area contributed by atoms with Crippen LogP contribution in [0.5, 0.6) is 0 Å². The van der Waals surface area contributed by atoms with Crippen LogP contribution in [0.4, 0.5) is 8.39 Å². The lowest BCUT2D eigenvalue weighted by Gasteiger charge is -2.04. The second-order valence-corrected chi connectivity index (χ2v) is 2.62. The first-order valence-electron chi connectivity index (χ1n) is 2.99. The topological polar surface area (TPSA) is 18.5 Å². The summed E-state index contributed by atoms with van der Waals surface area (Å²) >= 11 is 0. The van der Waals surface area contributed by atoms with Gasteiger partial charge in [-0.3, -0.25) is 0 Å². The van der Waals surface area contributed by atoms with Crippen molar-refractivity contribution in [1.82, 2.24) is 0 Å².